The fourth-order valence-electron chi connectivity index (χ4n) is 3.14. The van der Waals surface area contributed by atoms with Crippen LogP contribution < -0.4 is 5.48 Å². The molecule has 4 nitrogen and oxygen atoms in total. The van der Waals surface area contributed by atoms with Gasteiger partial charge in [0.25, 0.3) is 0 Å². The van der Waals surface area contributed by atoms with E-state index in [0.29, 0.717) is 24.3 Å². The minimum atomic E-state index is -4.76. The number of alkyl halides is 3. The van der Waals surface area contributed by atoms with Gasteiger partial charge in [-0.05, 0) is 42.7 Å². The lowest BCUT2D eigenvalue weighted by molar-refractivity contribution is -0.140. The number of hydrogen-bond acceptors (Lipinski definition) is 5. The Bertz CT molecular complexity index is 816. The molecule has 9 heteroatoms. The zero-order valence-electron chi connectivity index (χ0n) is 16.5. The van der Waals surface area contributed by atoms with Gasteiger partial charge in [0.05, 0.1) is 23.4 Å². The van der Waals surface area contributed by atoms with Crippen molar-refractivity contribution in [2.24, 2.45) is 5.92 Å². The largest absolute Gasteiger partial charge is 0.419 e. The highest BCUT2D eigenvalue weighted by molar-refractivity contribution is 7.99. The monoisotopic (exact) mass is 445 g/mol. The number of benzene rings is 1. The van der Waals surface area contributed by atoms with Crippen molar-refractivity contribution in [1.29, 1.82) is 0 Å². The van der Waals surface area contributed by atoms with Crippen LogP contribution >= 0.6 is 11.8 Å². The fourth-order valence-corrected chi connectivity index (χ4v) is 4.19. The van der Waals surface area contributed by atoms with E-state index >= 15 is 0 Å². The molecule has 1 saturated carbocycles. The minimum Gasteiger partial charge on any atom is -0.294 e. The maximum absolute atomic E-state index is 13.4. The summed E-state index contributed by atoms with van der Waals surface area (Å²) in [5.41, 5.74) is 1.90. The Kier molecular flexibility index (Phi) is 8.66. The molecule has 0 aromatic heterocycles. The van der Waals surface area contributed by atoms with Gasteiger partial charge in [-0.25, -0.2) is 4.39 Å². The first-order chi connectivity index (χ1) is 14.2. The smallest absolute Gasteiger partial charge is 0.294 e. The maximum atomic E-state index is 13.4. The van der Waals surface area contributed by atoms with Gasteiger partial charge < -0.3 is 0 Å². The summed E-state index contributed by atoms with van der Waals surface area (Å²) < 4.78 is 51.8. The third kappa shape index (κ3) is 6.43. The van der Waals surface area contributed by atoms with Crippen LogP contribution in [0.5, 0.6) is 0 Å². The lowest BCUT2D eigenvalue weighted by Crippen LogP contribution is -2.30. The Morgan fingerprint density at radius 1 is 1.30 bits per heavy atom. The number of thioether (sulfide) groups is 1. The number of allylic oxidation sites excluding steroid dienone is 2. The highest BCUT2D eigenvalue weighted by Gasteiger charge is 2.35. The first-order valence-electron chi connectivity index (χ1n) is 9.45. The van der Waals surface area contributed by atoms with Gasteiger partial charge in [-0.2, -0.15) is 13.2 Å². The van der Waals surface area contributed by atoms with E-state index in [9.17, 15) is 27.2 Å². The van der Waals surface area contributed by atoms with Crippen LogP contribution in [0, 0.1) is 11.7 Å². The van der Waals surface area contributed by atoms with E-state index in [2.05, 4.69) is 12.1 Å². The second kappa shape index (κ2) is 10.8. The molecule has 0 unspecified atom stereocenters. The molecule has 1 aliphatic carbocycles. The summed E-state index contributed by atoms with van der Waals surface area (Å²) in [5, 5.41) is 0. The molecule has 0 saturated heterocycles. The molecule has 1 aliphatic rings. The molecule has 2 rings (SSSR count). The van der Waals surface area contributed by atoms with Crippen molar-refractivity contribution in [3.05, 3.63) is 53.5 Å². The average molecular weight is 445 g/mol. The topological polar surface area (TPSA) is 55.4 Å². The van der Waals surface area contributed by atoms with Gasteiger partial charge in [-0.15, -0.1) is 18.3 Å². The van der Waals surface area contributed by atoms with Crippen molar-refractivity contribution >= 4 is 23.3 Å². The van der Waals surface area contributed by atoms with Crippen LogP contribution in [0.3, 0.4) is 0 Å². The number of halogens is 4. The van der Waals surface area contributed by atoms with Crippen molar-refractivity contribution in [3.8, 4) is 0 Å². The molecular formula is C21H23F4NO3S. The highest BCUT2D eigenvalue weighted by Crippen LogP contribution is 2.35. The highest BCUT2D eigenvalue weighted by atomic mass is 32.2. The van der Waals surface area contributed by atoms with Crippen LogP contribution in [-0.2, 0) is 20.6 Å². The zero-order valence-corrected chi connectivity index (χ0v) is 17.3. The Hall–Kier alpha value is -2.13. The Balaban J connectivity index is 1.96. The molecule has 164 valence electrons. The van der Waals surface area contributed by atoms with Crippen molar-refractivity contribution < 1.29 is 32.0 Å². The number of carbonyl (C=O) groups excluding carboxylic acids is 2. The molecule has 0 radical (unpaired) electrons. The first-order valence-corrected chi connectivity index (χ1v) is 10.4. The lowest BCUT2D eigenvalue weighted by Gasteiger charge is -2.24. The predicted octanol–water partition coefficient (Wildman–Crippen LogP) is 5.25. The number of hydrogen-bond donors (Lipinski definition) is 1. The number of rotatable bonds is 9. The molecule has 0 bridgehead atoms. The Labute approximate surface area is 176 Å². The number of Topliss-reactive ketones (excluding diaryl/α,β-unsaturated/α-hetero) is 2. The summed E-state index contributed by atoms with van der Waals surface area (Å²) in [6, 6.07) is 2.86. The van der Waals surface area contributed by atoms with E-state index in [0.717, 1.165) is 23.9 Å². The molecule has 0 spiro atoms. The first kappa shape index (κ1) is 24.1. The SMILES string of the molecule is C=CCONC(CC)=C1C(=O)CC(CCSc2ccc(F)c(C(F)(F)F)c2)CC1=O. The van der Waals surface area contributed by atoms with E-state index in [1.807, 2.05) is 0 Å². The molecule has 0 aliphatic heterocycles. The lowest BCUT2D eigenvalue weighted by atomic mass is 9.81. The number of hydroxylamine groups is 1. The third-order valence-electron chi connectivity index (χ3n) is 4.60. The average Bonchev–Trinajstić information content (AvgIpc) is 2.66. The van der Waals surface area contributed by atoms with Gasteiger partial charge in [-0.1, -0.05) is 13.0 Å². The summed E-state index contributed by atoms with van der Waals surface area (Å²) >= 11 is 1.14. The van der Waals surface area contributed by atoms with E-state index in [1.165, 1.54) is 12.1 Å². The van der Waals surface area contributed by atoms with Crippen molar-refractivity contribution in [1.82, 2.24) is 5.48 Å². The molecular weight excluding hydrogens is 422 g/mol. The van der Waals surface area contributed by atoms with Gasteiger partial charge in [0, 0.05) is 17.7 Å². The van der Waals surface area contributed by atoms with Crippen LogP contribution in [0.4, 0.5) is 17.6 Å². The molecule has 0 atom stereocenters. The Morgan fingerprint density at radius 2 is 1.97 bits per heavy atom. The molecule has 0 amide bonds. The van der Waals surface area contributed by atoms with Gasteiger partial charge in [0.1, 0.15) is 5.82 Å². The van der Waals surface area contributed by atoms with Crippen LogP contribution in [0.15, 0.2) is 47.0 Å². The summed E-state index contributed by atoms with van der Waals surface area (Å²) in [5.74, 6) is -1.62. The quantitative estimate of drug-likeness (QED) is 0.107. The van der Waals surface area contributed by atoms with E-state index < -0.39 is 17.6 Å². The number of nitrogens with one attached hydrogen (secondary N) is 1. The molecule has 30 heavy (non-hydrogen) atoms. The number of carbonyl (C=O) groups is 2. The predicted molar refractivity (Wildman–Crippen MR) is 106 cm³/mol. The van der Waals surface area contributed by atoms with Crippen LogP contribution in [0.1, 0.15) is 38.2 Å². The molecule has 0 heterocycles. The minimum absolute atomic E-state index is 0.124. The van der Waals surface area contributed by atoms with Gasteiger partial charge in [-0.3, -0.25) is 19.9 Å². The fraction of sp³-hybridized carbons (Fsp3) is 0.429. The molecule has 1 fully saturated rings. The van der Waals surface area contributed by atoms with Crippen molar-refractivity contribution in [3.63, 3.8) is 0 Å². The summed E-state index contributed by atoms with van der Waals surface area (Å²) in [6.45, 7) is 5.54. The van der Waals surface area contributed by atoms with Crippen LogP contribution in [0.2, 0.25) is 0 Å². The zero-order chi connectivity index (χ0) is 22.3. The van der Waals surface area contributed by atoms with E-state index in [1.54, 1.807) is 6.92 Å². The third-order valence-corrected chi connectivity index (χ3v) is 5.62. The summed E-state index contributed by atoms with van der Waals surface area (Å²) in [6.07, 6.45) is -1.95. The second-order valence-corrected chi connectivity index (χ2v) is 7.97. The molecule has 1 aromatic rings. The van der Waals surface area contributed by atoms with Gasteiger partial charge in [0.15, 0.2) is 11.6 Å². The second-order valence-electron chi connectivity index (χ2n) is 6.81. The van der Waals surface area contributed by atoms with E-state index in [-0.39, 0.29) is 47.4 Å². The van der Waals surface area contributed by atoms with Crippen LogP contribution in [-0.4, -0.2) is 23.9 Å². The summed E-state index contributed by atoms with van der Waals surface area (Å²) in [7, 11) is 0. The molecule has 1 N–H and O–H groups in total. The number of ketones is 2. The van der Waals surface area contributed by atoms with Crippen molar-refractivity contribution in [2.45, 2.75) is 43.7 Å². The van der Waals surface area contributed by atoms with Gasteiger partial charge in [0.2, 0.25) is 0 Å². The summed E-state index contributed by atoms with van der Waals surface area (Å²) in [4.78, 5) is 30.4. The Morgan fingerprint density at radius 3 is 2.53 bits per heavy atom. The van der Waals surface area contributed by atoms with Gasteiger partial charge >= 0.3 is 6.18 Å². The standard InChI is InChI=1S/C21H23F4NO3S/c1-3-8-29-26-17(4-2)20-18(27)10-13(11-19(20)28)7-9-30-14-5-6-16(22)15(12-14)21(23,24)25/h3,5-6,12-13,26H,1,4,7-11H2,2H3. The molecule has 1 aromatic carbocycles. The van der Waals surface area contributed by atoms with Crippen molar-refractivity contribution in [2.75, 3.05) is 12.4 Å². The maximum Gasteiger partial charge on any atom is 0.419 e. The van der Waals surface area contributed by atoms with E-state index in [4.69, 9.17) is 4.84 Å². The normalized spacial score (nSPS) is 17.2. The van der Waals surface area contributed by atoms with Crippen LogP contribution in [0.25, 0.3) is 0 Å².